The predicted molar refractivity (Wildman–Crippen MR) is 88.5 cm³/mol. The largest absolute Gasteiger partial charge is 0.484 e. The molecule has 0 radical (unpaired) electrons. The third-order valence-corrected chi connectivity index (χ3v) is 3.13. The molecule has 1 aromatic heterocycles. The molecule has 0 saturated heterocycles. The van der Waals surface area contributed by atoms with Gasteiger partial charge in [0.1, 0.15) is 5.75 Å². The number of primary amides is 1. The molecule has 0 aliphatic heterocycles. The van der Waals surface area contributed by atoms with Gasteiger partial charge in [0.15, 0.2) is 17.0 Å². The predicted octanol–water partition coefficient (Wildman–Crippen LogP) is 1.27. The monoisotopic (exact) mass is 395 g/mol. The molecule has 0 aliphatic carbocycles. The molecule has 0 saturated carbocycles. The van der Waals surface area contributed by atoms with Crippen LogP contribution in [0.2, 0.25) is 0 Å². The van der Waals surface area contributed by atoms with Gasteiger partial charge >= 0.3 is 0 Å². The summed E-state index contributed by atoms with van der Waals surface area (Å²) >= 11 is 3.09. The average molecular weight is 396 g/mol. The molecule has 0 unspecified atom stereocenters. The Hall–Kier alpha value is -2.81. The van der Waals surface area contributed by atoms with Crippen molar-refractivity contribution in [2.45, 2.75) is 0 Å². The number of rotatable bonds is 7. The summed E-state index contributed by atoms with van der Waals surface area (Å²) in [6.45, 7) is -0.490. The summed E-state index contributed by atoms with van der Waals surface area (Å²) in [7, 11) is 0. The molecule has 9 heteroatoms. The lowest BCUT2D eigenvalue weighted by Gasteiger charge is -2.08. The second-order valence-electron chi connectivity index (χ2n) is 4.62. The molecule has 0 atom stereocenters. The third-order valence-electron chi connectivity index (χ3n) is 2.71. The second-order valence-corrected chi connectivity index (χ2v) is 5.40. The van der Waals surface area contributed by atoms with Crippen molar-refractivity contribution in [3.8, 4) is 5.75 Å². The van der Waals surface area contributed by atoms with E-state index in [2.05, 4.69) is 26.6 Å². The van der Waals surface area contributed by atoms with Gasteiger partial charge in [-0.05, 0) is 40.2 Å². The summed E-state index contributed by atoms with van der Waals surface area (Å²) in [6, 6.07) is 9.50. The van der Waals surface area contributed by atoms with Gasteiger partial charge in [0, 0.05) is 11.8 Å². The van der Waals surface area contributed by atoms with Gasteiger partial charge in [0.25, 0.3) is 11.8 Å². The Balaban J connectivity index is 1.84. The van der Waals surface area contributed by atoms with Crippen molar-refractivity contribution < 1.29 is 23.5 Å². The first-order chi connectivity index (χ1) is 11.4. The van der Waals surface area contributed by atoms with Crippen LogP contribution in [-0.4, -0.2) is 30.9 Å². The fourth-order valence-corrected chi connectivity index (χ4v) is 2.01. The van der Waals surface area contributed by atoms with E-state index in [4.69, 9.17) is 14.9 Å². The summed E-state index contributed by atoms with van der Waals surface area (Å²) in [5, 5.41) is 5.02. The Bertz CT molecular complexity index is 759. The molecule has 126 valence electrons. The highest BCUT2D eigenvalue weighted by Crippen LogP contribution is 2.17. The Morgan fingerprint density at radius 3 is 2.67 bits per heavy atom. The van der Waals surface area contributed by atoms with Crippen molar-refractivity contribution in [3.63, 3.8) is 0 Å². The number of hydrogen-bond donors (Lipinski definition) is 3. The first kappa shape index (κ1) is 17.5. The van der Waals surface area contributed by atoms with E-state index in [9.17, 15) is 14.4 Å². The van der Waals surface area contributed by atoms with Crippen molar-refractivity contribution in [2.75, 3.05) is 18.5 Å². The van der Waals surface area contributed by atoms with Crippen molar-refractivity contribution in [1.82, 2.24) is 5.32 Å². The van der Waals surface area contributed by atoms with E-state index in [1.165, 1.54) is 12.1 Å². The first-order valence-electron chi connectivity index (χ1n) is 6.78. The zero-order chi connectivity index (χ0) is 17.5. The van der Waals surface area contributed by atoms with E-state index in [1.54, 1.807) is 24.3 Å². The summed E-state index contributed by atoms with van der Waals surface area (Å²) in [4.78, 5) is 34.3. The Kier molecular flexibility index (Phi) is 5.96. The van der Waals surface area contributed by atoms with Crippen molar-refractivity contribution >= 4 is 39.3 Å². The fraction of sp³-hybridized carbons (Fsp3) is 0.133. The zero-order valence-electron chi connectivity index (χ0n) is 12.4. The molecule has 4 N–H and O–H groups in total. The lowest BCUT2D eigenvalue weighted by molar-refractivity contribution is -0.120. The topological polar surface area (TPSA) is 124 Å². The number of ether oxygens (including phenoxy) is 1. The van der Waals surface area contributed by atoms with Gasteiger partial charge < -0.3 is 25.5 Å². The third kappa shape index (κ3) is 5.43. The number of nitrogens with one attached hydrogen (secondary N) is 2. The van der Waals surface area contributed by atoms with Gasteiger partial charge in [-0.15, -0.1) is 0 Å². The minimum absolute atomic E-state index is 0.0940. The highest BCUT2D eigenvalue weighted by Gasteiger charge is 2.12. The van der Waals surface area contributed by atoms with E-state index in [1.807, 2.05) is 0 Å². The fourth-order valence-electron chi connectivity index (χ4n) is 1.71. The number of carbonyl (C=O) groups is 3. The Morgan fingerprint density at radius 2 is 2.00 bits per heavy atom. The lowest BCUT2D eigenvalue weighted by atomic mass is 10.3. The van der Waals surface area contributed by atoms with Crippen LogP contribution < -0.4 is 21.1 Å². The number of amides is 3. The zero-order valence-corrected chi connectivity index (χ0v) is 14.0. The molecule has 0 spiro atoms. The van der Waals surface area contributed by atoms with Crippen LogP contribution in [0.25, 0.3) is 0 Å². The van der Waals surface area contributed by atoms with Crippen LogP contribution in [-0.2, 0) is 9.59 Å². The van der Waals surface area contributed by atoms with Crippen LogP contribution in [0.4, 0.5) is 5.69 Å². The Morgan fingerprint density at radius 1 is 1.21 bits per heavy atom. The van der Waals surface area contributed by atoms with Crippen LogP contribution in [0, 0.1) is 0 Å². The minimum atomic E-state index is -0.600. The van der Waals surface area contributed by atoms with E-state index in [0.29, 0.717) is 16.1 Å². The van der Waals surface area contributed by atoms with Gasteiger partial charge in [-0.25, -0.2) is 0 Å². The molecule has 8 nitrogen and oxygen atoms in total. The summed E-state index contributed by atoms with van der Waals surface area (Å²) < 4.78 is 10.6. The van der Waals surface area contributed by atoms with Crippen LogP contribution in [0.5, 0.6) is 5.75 Å². The number of carbonyl (C=O) groups excluding carboxylic acids is 3. The molecule has 2 rings (SSSR count). The summed E-state index contributed by atoms with van der Waals surface area (Å²) in [5.41, 5.74) is 5.45. The molecule has 0 fully saturated rings. The molecule has 2 aromatic rings. The molecular formula is C15H14BrN3O5. The molecule has 0 bridgehead atoms. The maximum atomic E-state index is 11.9. The number of halogens is 1. The van der Waals surface area contributed by atoms with Crippen LogP contribution >= 0.6 is 15.9 Å². The standard InChI is InChI=1S/C15H14BrN3O5/c16-12-5-4-11(24-12)15(22)18-7-14(21)19-9-2-1-3-10(6-9)23-8-13(17)20/h1-6H,7-8H2,(H2,17,20)(H,18,22)(H,19,21). The Labute approximate surface area is 145 Å². The number of nitrogens with two attached hydrogens (primary N) is 1. The van der Waals surface area contributed by atoms with E-state index < -0.39 is 17.7 Å². The highest BCUT2D eigenvalue weighted by molar-refractivity contribution is 9.10. The molecule has 1 aromatic carbocycles. The summed E-state index contributed by atoms with van der Waals surface area (Å²) in [6.07, 6.45) is 0. The van der Waals surface area contributed by atoms with Crippen molar-refractivity contribution in [3.05, 3.63) is 46.8 Å². The van der Waals surface area contributed by atoms with Crippen molar-refractivity contribution in [1.29, 1.82) is 0 Å². The van der Waals surface area contributed by atoms with Gasteiger partial charge in [0.2, 0.25) is 5.91 Å². The second kappa shape index (κ2) is 8.16. The van der Waals surface area contributed by atoms with Crippen LogP contribution in [0.1, 0.15) is 10.6 Å². The molecule has 0 aliphatic rings. The van der Waals surface area contributed by atoms with E-state index >= 15 is 0 Å². The smallest absolute Gasteiger partial charge is 0.287 e. The maximum absolute atomic E-state index is 11.9. The van der Waals surface area contributed by atoms with Gasteiger partial charge in [-0.3, -0.25) is 14.4 Å². The maximum Gasteiger partial charge on any atom is 0.287 e. The first-order valence-corrected chi connectivity index (χ1v) is 7.58. The number of furan rings is 1. The van der Waals surface area contributed by atoms with Gasteiger partial charge in [0.05, 0.1) is 6.54 Å². The number of hydrogen-bond acceptors (Lipinski definition) is 5. The summed E-state index contributed by atoms with van der Waals surface area (Å²) in [5.74, 6) is -1.06. The normalized spacial score (nSPS) is 10.0. The van der Waals surface area contributed by atoms with Crippen LogP contribution in [0.3, 0.4) is 0 Å². The number of anilines is 1. The number of benzene rings is 1. The molecule has 1 heterocycles. The molecule has 24 heavy (non-hydrogen) atoms. The van der Waals surface area contributed by atoms with Gasteiger partial charge in [-0.2, -0.15) is 0 Å². The minimum Gasteiger partial charge on any atom is -0.484 e. The SMILES string of the molecule is NC(=O)COc1cccc(NC(=O)CNC(=O)c2ccc(Br)o2)c1. The van der Waals surface area contributed by atoms with Crippen LogP contribution in [0.15, 0.2) is 45.5 Å². The van der Waals surface area contributed by atoms with E-state index in [-0.39, 0.29) is 18.9 Å². The lowest BCUT2D eigenvalue weighted by Crippen LogP contribution is -2.32. The van der Waals surface area contributed by atoms with Crippen molar-refractivity contribution in [2.24, 2.45) is 5.73 Å². The quantitative estimate of drug-likeness (QED) is 0.651. The van der Waals surface area contributed by atoms with E-state index in [0.717, 1.165) is 0 Å². The van der Waals surface area contributed by atoms with Gasteiger partial charge in [-0.1, -0.05) is 6.07 Å². The highest BCUT2D eigenvalue weighted by atomic mass is 79.9. The molecule has 3 amide bonds. The average Bonchev–Trinajstić information content (AvgIpc) is 2.97. The molecular weight excluding hydrogens is 382 g/mol.